The fraction of sp³-hybridized carbons (Fsp3) is 0.429. The van der Waals surface area contributed by atoms with E-state index >= 15 is 0 Å². The summed E-state index contributed by atoms with van der Waals surface area (Å²) in [6.45, 7) is 4.10. The Morgan fingerprint density at radius 2 is 2.06 bits per heavy atom. The molecule has 1 aromatic heterocycles. The second kappa shape index (κ2) is 11.0. The van der Waals surface area contributed by atoms with Gasteiger partial charge in [-0.3, -0.25) is 9.59 Å². The molecule has 2 N–H and O–H groups in total. The van der Waals surface area contributed by atoms with Crippen molar-refractivity contribution in [2.24, 2.45) is 5.92 Å². The predicted octanol–water partition coefficient (Wildman–Crippen LogP) is 3.23. The summed E-state index contributed by atoms with van der Waals surface area (Å²) >= 11 is 1.14. The van der Waals surface area contributed by atoms with Gasteiger partial charge in [-0.15, -0.1) is 10.2 Å². The molecule has 2 heterocycles. The molecule has 0 radical (unpaired) electrons. The minimum absolute atomic E-state index is 0.0205. The third-order valence-corrected chi connectivity index (χ3v) is 5.77. The lowest BCUT2D eigenvalue weighted by molar-refractivity contribution is -0.125. The lowest BCUT2D eigenvalue weighted by Crippen LogP contribution is -2.43. The molecular weight excluding hydrogens is 424 g/mol. The molecule has 1 saturated heterocycles. The molecule has 0 bridgehead atoms. The molecule has 1 aliphatic heterocycles. The van der Waals surface area contributed by atoms with Crippen LogP contribution in [0.3, 0.4) is 0 Å². The zero-order chi connectivity index (χ0) is 22.2. The van der Waals surface area contributed by atoms with Crippen molar-refractivity contribution in [1.29, 1.82) is 0 Å². The number of rotatable bonds is 8. The lowest BCUT2D eigenvalue weighted by Gasteiger charge is -2.32. The first kappa shape index (κ1) is 22.9. The number of thioether (sulfide) groups is 1. The normalized spacial score (nSPS) is 16.1. The number of amides is 2. The number of benzene rings is 1. The third-order valence-electron chi connectivity index (χ3n) is 4.85. The zero-order valence-corrected chi connectivity index (χ0v) is 18.1. The Labute approximate surface area is 184 Å². The van der Waals surface area contributed by atoms with E-state index in [2.05, 4.69) is 20.8 Å². The first-order valence-electron chi connectivity index (χ1n) is 10.2. The number of hydrogen-bond acceptors (Lipinski definition) is 6. The highest BCUT2D eigenvalue weighted by molar-refractivity contribution is 7.99. The van der Waals surface area contributed by atoms with Crippen LogP contribution in [0.25, 0.3) is 0 Å². The van der Waals surface area contributed by atoms with Crippen LogP contribution in [0.2, 0.25) is 0 Å². The molecule has 166 valence electrons. The third kappa shape index (κ3) is 6.61. The highest BCUT2D eigenvalue weighted by Crippen LogP contribution is 2.23. The van der Waals surface area contributed by atoms with Gasteiger partial charge in [0.2, 0.25) is 11.8 Å². The maximum atomic E-state index is 13.6. The van der Waals surface area contributed by atoms with Crippen LogP contribution in [-0.4, -0.2) is 47.4 Å². The minimum Gasteiger partial charge on any atom is -0.356 e. The topological polar surface area (TPSA) is 87.2 Å². The van der Waals surface area contributed by atoms with Crippen molar-refractivity contribution in [3.05, 3.63) is 42.0 Å². The van der Waals surface area contributed by atoms with Gasteiger partial charge in [-0.05, 0) is 43.5 Å². The molecule has 2 amide bonds. The maximum Gasteiger partial charge on any atom is 0.234 e. The summed E-state index contributed by atoms with van der Waals surface area (Å²) in [5.74, 6) is -1.13. The Hall–Kier alpha value is -2.75. The van der Waals surface area contributed by atoms with Gasteiger partial charge in [0.25, 0.3) is 0 Å². The van der Waals surface area contributed by atoms with Crippen LogP contribution >= 0.6 is 11.8 Å². The lowest BCUT2D eigenvalue weighted by atomic mass is 9.97. The first-order chi connectivity index (χ1) is 15.0. The average Bonchev–Trinajstić information content (AvgIpc) is 2.79. The quantitative estimate of drug-likeness (QED) is 0.602. The van der Waals surface area contributed by atoms with Gasteiger partial charge in [-0.2, -0.15) is 0 Å². The first-order valence-corrected chi connectivity index (χ1v) is 11.2. The van der Waals surface area contributed by atoms with Crippen molar-refractivity contribution >= 4 is 35.1 Å². The van der Waals surface area contributed by atoms with Crippen LogP contribution in [0.5, 0.6) is 0 Å². The number of nitrogens with zero attached hydrogens (tertiary/aromatic N) is 3. The molecule has 0 saturated carbocycles. The Bertz CT molecular complexity index is 913. The van der Waals surface area contributed by atoms with Crippen LogP contribution in [0, 0.1) is 17.6 Å². The smallest absolute Gasteiger partial charge is 0.234 e. The van der Waals surface area contributed by atoms with Crippen LogP contribution in [-0.2, 0) is 9.59 Å². The molecule has 1 aliphatic rings. The molecule has 10 heteroatoms. The summed E-state index contributed by atoms with van der Waals surface area (Å²) in [6.07, 6.45) is 2.66. The van der Waals surface area contributed by atoms with Gasteiger partial charge in [-0.25, -0.2) is 8.78 Å². The van der Waals surface area contributed by atoms with Gasteiger partial charge >= 0.3 is 0 Å². The SMILES string of the molecule is CCCNC(=O)[C@H]1CCCN(c2ccc(SCC(=O)Nc3cc(F)ccc3F)nn2)C1. The molecule has 2 aromatic rings. The van der Waals surface area contributed by atoms with E-state index in [1.807, 2.05) is 17.9 Å². The molecule has 1 atom stereocenters. The summed E-state index contributed by atoms with van der Waals surface area (Å²) in [5.41, 5.74) is -0.199. The number of piperidine rings is 1. The molecule has 0 aliphatic carbocycles. The molecular formula is C21H25F2N5O2S. The Kier molecular flexibility index (Phi) is 8.16. The molecule has 1 aromatic carbocycles. The van der Waals surface area contributed by atoms with Crippen molar-refractivity contribution in [3.63, 3.8) is 0 Å². The number of carbonyl (C=O) groups excluding carboxylic acids is 2. The average molecular weight is 450 g/mol. The van der Waals surface area contributed by atoms with Crippen molar-refractivity contribution < 1.29 is 18.4 Å². The van der Waals surface area contributed by atoms with E-state index < -0.39 is 17.5 Å². The largest absolute Gasteiger partial charge is 0.356 e. The van der Waals surface area contributed by atoms with Crippen LogP contribution in [0.1, 0.15) is 26.2 Å². The van der Waals surface area contributed by atoms with E-state index in [9.17, 15) is 18.4 Å². The van der Waals surface area contributed by atoms with E-state index in [0.29, 0.717) is 23.9 Å². The number of nitrogens with one attached hydrogen (secondary N) is 2. The van der Waals surface area contributed by atoms with Crippen molar-refractivity contribution in [1.82, 2.24) is 15.5 Å². The second-order valence-corrected chi connectivity index (χ2v) is 8.26. The van der Waals surface area contributed by atoms with E-state index in [1.54, 1.807) is 6.07 Å². The van der Waals surface area contributed by atoms with Crippen molar-refractivity contribution in [3.8, 4) is 0 Å². The summed E-state index contributed by atoms with van der Waals surface area (Å²) in [7, 11) is 0. The van der Waals surface area contributed by atoms with Crippen molar-refractivity contribution in [2.75, 3.05) is 35.6 Å². The molecule has 7 nitrogen and oxygen atoms in total. The molecule has 31 heavy (non-hydrogen) atoms. The Morgan fingerprint density at radius 3 is 2.81 bits per heavy atom. The number of carbonyl (C=O) groups is 2. The number of hydrogen-bond donors (Lipinski definition) is 2. The maximum absolute atomic E-state index is 13.6. The minimum atomic E-state index is -0.702. The Morgan fingerprint density at radius 1 is 1.23 bits per heavy atom. The molecule has 0 spiro atoms. The van der Waals surface area contributed by atoms with Gasteiger partial charge in [-0.1, -0.05) is 18.7 Å². The van der Waals surface area contributed by atoms with Crippen LogP contribution in [0.15, 0.2) is 35.4 Å². The molecule has 0 unspecified atom stereocenters. The van der Waals surface area contributed by atoms with Crippen LogP contribution < -0.4 is 15.5 Å². The van der Waals surface area contributed by atoms with Gasteiger partial charge in [0, 0.05) is 25.7 Å². The van der Waals surface area contributed by atoms with Crippen molar-refractivity contribution in [2.45, 2.75) is 31.2 Å². The van der Waals surface area contributed by atoms with E-state index in [0.717, 1.165) is 55.8 Å². The van der Waals surface area contributed by atoms with Crippen LogP contribution in [0.4, 0.5) is 20.3 Å². The molecule has 3 rings (SSSR count). The van der Waals surface area contributed by atoms with E-state index in [-0.39, 0.29) is 23.3 Å². The number of anilines is 2. The standard InChI is InChI=1S/C21H25F2N5O2S/c1-2-9-24-21(30)14-4-3-10-28(12-14)18-7-8-20(27-26-18)31-13-19(29)25-17-11-15(22)5-6-16(17)23/h5-8,11,14H,2-4,9-10,12-13H2,1H3,(H,24,30)(H,25,29)/t14-/m0/s1. The summed E-state index contributed by atoms with van der Waals surface area (Å²) in [5, 5.41) is 14.2. The zero-order valence-electron chi connectivity index (χ0n) is 17.2. The summed E-state index contributed by atoms with van der Waals surface area (Å²) < 4.78 is 26.8. The highest BCUT2D eigenvalue weighted by atomic mass is 32.2. The van der Waals surface area contributed by atoms with Gasteiger partial charge in [0.05, 0.1) is 17.4 Å². The fourth-order valence-corrected chi connectivity index (χ4v) is 3.88. The predicted molar refractivity (Wildman–Crippen MR) is 116 cm³/mol. The van der Waals surface area contributed by atoms with E-state index in [4.69, 9.17) is 0 Å². The molecule has 1 fully saturated rings. The number of halogens is 2. The summed E-state index contributed by atoms with van der Waals surface area (Å²) in [4.78, 5) is 26.3. The summed E-state index contributed by atoms with van der Waals surface area (Å²) in [6, 6.07) is 6.44. The second-order valence-electron chi connectivity index (χ2n) is 7.27. The Balaban J connectivity index is 1.51. The van der Waals surface area contributed by atoms with Gasteiger partial charge in [0.15, 0.2) is 5.82 Å². The van der Waals surface area contributed by atoms with E-state index in [1.165, 1.54) is 0 Å². The van der Waals surface area contributed by atoms with Gasteiger partial charge in [0.1, 0.15) is 16.7 Å². The monoisotopic (exact) mass is 449 g/mol. The van der Waals surface area contributed by atoms with Gasteiger partial charge < -0.3 is 15.5 Å². The highest BCUT2D eigenvalue weighted by Gasteiger charge is 2.26. The fourth-order valence-electron chi connectivity index (χ4n) is 3.27. The number of aromatic nitrogens is 2.